The van der Waals surface area contributed by atoms with Gasteiger partial charge in [-0.2, -0.15) is 0 Å². The molecule has 2 unspecified atom stereocenters. The fraction of sp³-hybridized carbons (Fsp3) is 0.292. The van der Waals surface area contributed by atoms with Crippen molar-refractivity contribution in [2.75, 3.05) is 13.7 Å². The van der Waals surface area contributed by atoms with E-state index in [9.17, 15) is 9.90 Å². The predicted molar refractivity (Wildman–Crippen MR) is 111 cm³/mol. The summed E-state index contributed by atoms with van der Waals surface area (Å²) in [5.41, 5.74) is 3.09. The molecule has 0 bridgehead atoms. The minimum Gasteiger partial charge on any atom is -0.497 e. The molecule has 0 aromatic heterocycles. The molecule has 0 radical (unpaired) electrons. The first-order chi connectivity index (χ1) is 13.7. The third-order valence-electron chi connectivity index (χ3n) is 5.64. The van der Waals surface area contributed by atoms with Crippen LogP contribution in [0.25, 0.3) is 10.8 Å². The second kappa shape index (κ2) is 8.03. The van der Waals surface area contributed by atoms with Gasteiger partial charge in [0.1, 0.15) is 5.75 Å². The zero-order chi connectivity index (χ0) is 19.5. The molecule has 0 heterocycles. The van der Waals surface area contributed by atoms with Crippen LogP contribution in [-0.4, -0.2) is 24.7 Å². The second-order valence-corrected chi connectivity index (χ2v) is 7.34. The highest BCUT2D eigenvalue weighted by Crippen LogP contribution is 2.34. The Morgan fingerprint density at radius 1 is 1.18 bits per heavy atom. The van der Waals surface area contributed by atoms with E-state index >= 15 is 0 Å². The molecule has 2 atom stereocenters. The number of fused-ring (bicyclic) bond motifs is 2. The van der Waals surface area contributed by atoms with E-state index in [0.29, 0.717) is 0 Å². The lowest BCUT2D eigenvalue weighted by Gasteiger charge is -2.26. The highest BCUT2D eigenvalue weighted by Gasteiger charge is 2.27. The monoisotopic (exact) mass is 375 g/mol. The minimum atomic E-state index is -0.747. The van der Waals surface area contributed by atoms with Crippen molar-refractivity contribution in [3.63, 3.8) is 0 Å². The predicted octanol–water partition coefficient (Wildman–Crippen LogP) is 4.12. The van der Waals surface area contributed by atoms with Crippen molar-refractivity contribution in [2.45, 2.75) is 31.3 Å². The van der Waals surface area contributed by atoms with Crippen LogP contribution in [0.5, 0.6) is 5.75 Å². The molecule has 0 aliphatic heterocycles. The molecular weight excluding hydrogens is 350 g/mol. The number of benzene rings is 3. The molecule has 3 aromatic carbocycles. The summed E-state index contributed by atoms with van der Waals surface area (Å²) in [6.45, 7) is 0.197. The van der Waals surface area contributed by atoms with Crippen molar-refractivity contribution < 1.29 is 14.6 Å². The number of aryl methyl sites for hydroxylation is 1. The molecule has 1 aliphatic rings. The highest BCUT2D eigenvalue weighted by atomic mass is 16.5. The summed E-state index contributed by atoms with van der Waals surface area (Å²) in [6, 6.07) is 19.8. The third-order valence-corrected chi connectivity index (χ3v) is 5.64. The van der Waals surface area contributed by atoms with Gasteiger partial charge in [-0.25, -0.2) is 0 Å². The quantitative estimate of drug-likeness (QED) is 0.705. The van der Waals surface area contributed by atoms with Crippen molar-refractivity contribution in [3.05, 3.63) is 77.4 Å². The SMILES string of the molecule is COc1ccc2c(c1)C(C(=O)NCC(O)c1cccc3ccccc13)CCC2. The average molecular weight is 375 g/mol. The molecule has 2 N–H and O–H groups in total. The van der Waals surface area contributed by atoms with Crippen LogP contribution in [0, 0.1) is 0 Å². The van der Waals surface area contributed by atoms with E-state index in [0.717, 1.165) is 46.9 Å². The van der Waals surface area contributed by atoms with E-state index in [1.807, 2.05) is 54.6 Å². The average Bonchev–Trinajstić information content (AvgIpc) is 2.76. The van der Waals surface area contributed by atoms with Crippen LogP contribution in [0.1, 0.15) is 41.6 Å². The topological polar surface area (TPSA) is 58.6 Å². The highest BCUT2D eigenvalue weighted by molar-refractivity contribution is 5.87. The van der Waals surface area contributed by atoms with Gasteiger partial charge < -0.3 is 15.2 Å². The molecule has 0 saturated heterocycles. The molecule has 0 spiro atoms. The maximum Gasteiger partial charge on any atom is 0.227 e. The van der Waals surface area contributed by atoms with Gasteiger partial charge in [-0.3, -0.25) is 4.79 Å². The van der Waals surface area contributed by atoms with Gasteiger partial charge in [-0.1, -0.05) is 48.5 Å². The smallest absolute Gasteiger partial charge is 0.227 e. The summed E-state index contributed by atoms with van der Waals surface area (Å²) in [4.78, 5) is 12.9. The summed E-state index contributed by atoms with van der Waals surface area (Å²) in [5, 5.41) is 15.8. The maximum absolute atomic E-state index is 12.9. The van der Waals surface area contributed by atoms with Gasteiger partial charge in [-0.05, 0) is 58.9 Å². The number of hydrogen-bond acceptors (Lipinski definition) is 3. The number of carbonyl (C=O) groups is 1. The van der Waals surface area contributed by atoms with Crippen molar-refractivity contribution in [1.82, 2.24) is 5.32 Å². The Morgan fingerprint density at radius 3 is 2.86 bits per heavy atom. The van der Waals surface area contributed by atoms with Crippen molar-refractivity contribution in [3.8, 4) is 5.75 Å². The van der Waals surface area contributed by atoms with Crippen molar-refractivity contribution in [2.24, 2.45) is 0 Å². The lowest BCUT2D eigenvalue weighted by Crippen LogP contribution is -2.34. The van der Waals surface area contributed by atoms with Gasteiger partial charge in [0.2, 0.25) is 5.91 Å². The lowest BCUT2D eigenvalue weighted by atomic mass is 9.82. The molecule has 144 valence electrons. The molecule has 3 aromatic rings. The Kier molecular flexibility index (Phi) is 5.31. The Hall–Kier alpha value is -2.85. The van der Waals surface area contributed by atoms with Crippen LogP contribution in [0.15, 0.2) is 60.7 Å². The number of hydrogen-bond donors (Lipinski definition) is 2. The Bertz CT molecular complexity index is 993. The molecule has 0 saturated carbocycles. The molecule has 4 nitrogen and oxygen atoms in total. The normalized spacial score (nSPS) is 17.0. The van der Waals surface area contributed by atoms with E-state index in [-0.39, 0.29) is 18.4 Å². The Morgan fingerprint density at radius 2 is 2.00 bits per heavy atom. The summed E-state index contributed by atoms with van der Waals surface area (Å²) in [5.74, 6) is 0.543. The first-order valence-electron chi connectivity index (χ1n) is 9.77. The van der Waals surface area contributed by atoms with Gasteiger partial charge in [0.25, 0.3) is 0 Å². The van der Waals surface area contributed by atoms with Crippen molar-refractivity contribution in [1.29, 1.82) is 0 Å². The number of methoxy groups -OCH3 is 1. The van der Waals surface area contributed by atoms with Crippen LogP contribution >= 0.6 is 0 Å². The van der Waals surface area contributed by atoms with E-state index in [4.69, 9.17) is 4.74 Å². The van der Waals surface area contributed by atoms with Crippen LogP contribution in [-0.2, 0) is 11.2 Å². The molecule has 4 heteroatoms. The molecular formula is C24H25NO3. The summed E-state index contributed by atoms with van der Waals surface area (Å²) in [6.07, 6.45) is 2.05. The summed E-state index contributed by atoms with van der Waals surface area (Å²) < 4.78 is 5.33. The number of amides is 1. The minimum absolute atomic E-state index is 0.0338. The fourth-order valence-electron chi connectivity index (χ4n) is 4.15. The molecule has 28 heavy (non-hydrogen) atoms. The number of aliphatic hydroxyl groups is 1. The summed E-state index contributed by atoms with van der Waals surface area (Å²) >= 11 is 0. The van der Waals surface area contributed by atoms with Crippen molar-refractivity contribution >= 4 is 16.7 Å². The van der Waals surface area contributed by atoms with E-state index in [1.165, 1.54) is 5.56 Å². The van der Waals surface area contributed by atoms with Gasteiger partial charge >= 0.3 is 0 Å². The maximum atomic E-state index is 12.9. The van der Waals surface area contributed by atoms with Crippen LogP contribution in [0.3, 0.4) is 0 Å². The summed E-state index contributed by atoms with van der Waals surface area (Å²) in [7, 11) is 1.64. The van der Waals surface area contributed by atoms with E-state index in [2.05, 4.69) is 11.4 Å². The number of carbonyl (C=O) groups excluding carboxylic acids is 1. The van der Waals surface area contributed by atoms with Gasteiger partial charge in [0.05, 0.1) is 19.1 Å². The van der Waals surface area contributed by atoms with Crippen LogP contribution in [0.2, 0.25) is 0 Å². The Balaban J connectivity index is 1.49. The van der Waals surface area contributed by atoms with Gasteiger partial charge in [-0.15, -0.1) is 0 Å². The largest absolute Gasteiger partial charge is 0.497 e. The number of rotatable bonds is 5. The standard InChI is InChI=1S/C24H25NO3/c1-28-18-13-12-17-8-5-11-21(22(17)14-18)24(27)25-15-23(26)20-10-4-7-16-6-2-3-9-19(16)20/h2-4,6-7,9-10,12-14,21,23,26H,5,8,11,15H2,1H3,(H,25,27). The number of ether oxygens (including phenoxy) is 1. The first-order valence-corrected chi connectivity index (χ1v) is 9.77. The second-order valence-electron chi connectivity index (χ2n) is 7.34. The van der Waals surface area contributed by atoms with E-state index in [1.54, 1.807) is 7.11 Å². The third kappa shape index (κ3) is 3.60. The van der Waals surface area contributed by atoms with Crippen LogP contribution < -0.4 is 10.1 Å². The number of nitrogens with one attached hydrogen (secondary N) is 1. The zero-order valence-corrected chi connectivity index (χ0v) is 16.0. The molecule has 1 aliphatic carbocycles. The van der Waals surface area contributed by atoms with Crippen LogP contribution in [0.4, 0.5) is 0 Å². The van der Waals surface area contributed by atoms with Gasteiger partial charge in [0, 0.05) is 6.54 Å². The first kappa shape index (κ1) is 18.5. The zero-order valence-electron chi connectivity index (χ0n) is 16.0. The number of aliphatic hydroxyl groups excluding tert-OH is 1. The lowest BCUT2D eigenvalue weighted by molar-refractivity contribution is -0.123. The fourth-order valence-corrected chi connectivity index (χ4v) is 4.15. The molecule has 1 amide bonds. The Labute approximate surface area is 165 Å². The molecule has 4 rings (SSSR count). The molecule has 0 fully saturated rings. The van der Waals surface area contributed by atoms with E-state index < -0.39 is 6.10 Å². The van der Waals surface area contributed by atoms with Gasteiger partial charge in [0.15, 0.2) is 0 Å².